The molecular weight excluding hydrogens is 318 g/mol. The van der Waals surface area contributed by atoms with E-state index < -0.39 is 0 Å². The molecule has 0 atom stereocenters. The van der Waals surface area contributed by atoms with Crippen molar-refractivity contribution in [2.45, 2.75) is 11.3 Å². The Bertz CT molecular complexity index is 878. The second-order valence-corrected chi connectivity index (χ2v) is 6.43. The highest BCUT2D eigenvalue weighted by atomic mass is 32.2. The van der Waals surface area contributed by atoms with Crippen LogP contribution in [0.3, 0.4) is 0 Å². The molecule has 0 saturated heterocycles. The lowest BCUT2D eigenvalue weighted by molar-refractivity contribution is -0.118. The Kier molecular flexibility index (Phi) is 5.19. The Labute approximate surface area is 144 Å². The van der Waals surface area contributed by atoms with E-state index in [2.05, 4.69) is 22.4 Å². The third kappa shape index (κ3) is 3.98. The second kappa shape index (κ2) is 7.71. The van der Waals surface area contributed by atoms with Gasteiger partial charge in [-0.2, -0.15) is 5.26 Å². The first-order valence-corrected chi connectivity index (χ1v) is 8.69. The van der Waals surface area contributed by atoms with Crippen LogP contribution in [0.1, 0.15) is 11.1 Å². The number of carbonyl (C=O) groups is 1. The molecule has 0 fully saturated rings. The lowest BCUT2D eigenvalue weighted by atomic mass is 10.1. The van der Waals surface area contributed by atoms with E-state index >= 15 is 0 Å². The van der Waals surface area contributed by atoms with Gasteiger partial charge in [0.15, 0.2) is 0 Å². The summed E-state index contributed by atoms with van der Waals surface area (Å²) in [5, 5.41) is 12.9. The van der Waals surface area contributed by atoms with E-state index in [-0.39, 0.29) is 5.91 Å². The molecule has 24 heavy (non-hydrogen) atoms. The number of carbonyl (C=O) groups excluding carboxylic acids is 1. The number of nitrogens with one attached hydrogen (secondary N) is 2. The van der Waals surface area contributed by atoms with Crippen LogP contribution in [-0.4, -0.2) is 23.2 Å². The number of amides is 1. The SMILES string of the molecule is N#Cc1ccc(SCC(=O)NCCc2c[nH]c3ccccc23)cc1. The molecule has 0 radical (unpaired) electrons. The molecule has 0 aliphatic carbocycles. The molecule has 0 aliphatic heterocycles. The monoisotopic (exact) mass is 335 g/mol. The van der Waals surface area contributed by atoms with Crippen LogP contribution in [0.15, 0.2) is 59.6 Å². The molecule has 2 aromatic carbocycles. The zero-order valence-electron chi connectivity index (χ0n) is 13.1. The van der Waals surface area contributed by atoms with Gasteiger partial charge in [-0.1, -0.05) is 18.2 Å². The number of nitrogens with zero attached hydrogens (tertiary/aromatic N) is 1. The molecular formula is C19H17N3OS. The maximum absolute atomic E-state index is 11.9. The molecule has 0 aliphatic rings. The zero-order valence-corrected chi connectivity index (χ0v) is 13.9. The first-order valence-electron chi connectivity index (χ1n) is 7.71. The lowest BCUT2D eigenvalue weighted by Crippen LogP contribution is -2.27. The van der Waals surface area contributed by atoms with Crippen LogP contribution in [0.25, 0.3) is 10.9 Å². The summed E-state index contributed by atoms with van der Waals surface area (Å²) in [6.45, 7) is 0.620. The number of H-pyrrole nitrogens is 1. The Balaban J connectivity index is 1.45. The van der Waals surface area contributed by atoms with Crippen LogP contribution in [0, 0.1) is 11.3 Å². The smallest absolute Gasteiger partial charge is 0.230 e. The fourth-order valence-corrected chi connectivity index (χ4v) is 3.23. The van der Waals surface area contributed by atoms with E-state index in [1.807, 2.05) is 36.5 Å². The first-order chi connectivity index (χ1) is 11.8. The average molecular weight is 335 g/mol. The van der Waals surface area contributed by atoms with Crippen molar-refractivity contribution < 1.29 is 4.79 Å². The van der Waals surface area contributed by atoms with Crippen molar-refractivity contribution in [3.63, 3.8) is 0 Å². The molecule has 3 aromatic rings. The molecule has 3 rings (SSSR count). The summed E-state index contributed by atoms with van der Waals surface area (Å²) in [5.41, 5.74) is 2.96. The summed E-state index contributed by atoms with van der Waals surface area (Å²) < 4.78 is 0. The summed E-state index contributed by atoms with van der Waals surface area (Å²) in [6.07, 6.45) is 2.81. The topological polar surface area (TPSA) is 68.7 Å². The molecule has 1 amide bonds. The van der Waals surface area contributed by atoms with Crippen LogP contribution >= 0.6 is 11.8 Å². The Hall–Kier alpha value is -2.71. The molecule has 4 nitrogen and oxygen atoms in total. The average Bonchev–Trinajstić information content (AvgIpc) is 3.04. The summed E-state index contributed by atoms with van der Waals surface area (Å²) in [4.78, 5) is 16.2. The fraction of sp³-hybridized carbons (Fsp3) is 0.158. The third-order valence-electron chi connectivity index (χ3n) is 3.74. The molecule has 1 heterocycles. The van der Waals surface area contributed by atoms with Crippen molar-refractivity contribution >= 4 is 28.6 Å². The Morgan fingerprint density at radius 3 is 2.75 bits per heavy atom. The maximum Gasteiger partial charge on any atom is 0.230 e. The second-order valence-electron chi connectivity index (χ2n) is 5.38. The van der Waals surface area contributed by atoms with Crippen LogP contribution in [-0.2, 0) is 11.2 Å². The number of aromatic amines is 1. The number of benzene rings is 2. The number of nitriles is 1. The first kappa shape index (κ1) is 16.2. The van der Waals surface area contributed by atoms with Gasteiger partial charge in [-0.25, -0.2) is 0 Å². The van der Waals surface area contributed by atoms with Gasteiger partial charge in [0.05, 0.1) is 17.4 Å². The van der Waals surface area contributed by atoms with Gasteiger partial charge >= 0.3 is 0 Å². The highest BCUT2D eigenvalue weighted by Gasteiger charge is 2.05. The van der Waals surface area contributed by atoms with Crippen LogP contribution in [0.4, 0.5) is 0 Å². The quantitative estimate of drug-likeness (QED) is 0.678. The lowest BCUT2D eigenvalue weighted by Gasteiger charge is -2.05. The number of aromatic nitrogens is 1. The van der Waals surface area contributed by atoms with E-state index in [0.717, 1.165) is 16.8 Å². The van der Waals surface area contributed by atoms with Gasteiger partial charge in [0.25, 0.3) is 0 Å². The molecule has 0 bridgehead atoms. The van der Waals surface area contributed by atoms with E-state index in [1.165, 1.54) is 22.7 Å². The number of rotatable bonds is 6. The minimum absolute atomic E-state index is 0.0178. The van der Waals surface area contributed by atoms with Crippen LogP contribution in [0.5, 0.6) is 0 Å². The van der Waals surface area contributed by atoms with E-state index in [4.69, 9.17) is 5.26 Å². The standard InChI is InChI=1S/C19H17N3OS/c20-11-14-5-7-16(8-6-14)24-13-19(23)21-10-9-15-12-22-18-4-2-1-3-17(15)18/h1-8,12,22H,9-10,13H2,(H,21,23). The van der Waals surface area contributed by atoms with Crippen LogP contribution in [0.2, 0.25) is 0 Å². The Morgan fingerprint density at radius 1 is 1.17 bits per heavy atom. The van der Waals surface area contributed by atoms with Crippen molar-refractivity contribution in [3.05, 3.63) is 65.9 Å². The van der Waals surface area contributed by atoms with Crippen molar-refractivity contribution in [2.24, 2.45) is 0 Å². The number of hydrogen-bond donors (Lipinski definition) is 2. The summed E-state index contributed by atoms with van der Waals surface area (Å²) in [7, 11) is 0. The van der Waals surface area contributed by atoms with Gasteiger partial charge in [-0.3, -0.25) is 4.79 Å². The summed E-state index contributed by atoms with van der Waals surface area (Å²) >= 11 is 1.47. The molecule has 2 N–H and O–H groups in total. The summed E-state index contributed by atoms with van der Waals surface area (Å²) in [5.74, 6) is 0.393. The van der Waals surface area contributed by atoms with Crippen molar-refractivity contribution in [3.8, 4) is 6.07 Å². The maximum atomic E-state index is 11.9. The zero-order chi connectivity index (χ0) is 16.8. The van der Waals surface area contributed by atoms with E-state index in [1.54, 1.807) is 12.1 Å². The van der Waals surface area contributed by atoms with Crippen molar-refractivity contribution in [1.82, 2.24) is 10.3 Å². The highest BCUT2D eigenvalue weighted by Crippen LogP contribution is 2.19. The van der Waals surface area contributed by atoms with Gasteiger partial charge in [-0.15, -0.1) is 11.8 Å². The molecule has 0 spiro atoms. The predicted octanol–water partition coefficient (Wildman–Crippen LogP) is 3.49. The highest BCUT2D eigenvalue weighted by molar-refractivity contribution is 8.00. The van der Waals surface area contributed by atoms with Gasteiger partial charge in [0.1, 0.15) is 0 Å². The predicted molar refractivity (Wildman–Crippen MR) is 96.9 cm³/mol. The molecule has 0 saturated carbocycles. The molecule has 5 heteroatoms. The van der Waals surface area contributed by atoms with Crippen LogP contribution < -0.4 is 5.32 Å². The van der Waals surface area contributed by atoms with Gasteiger partial charge in [0.2, 0.25) is 5.91 Å². The van der Waals surface area contributed by atoms with E-state index in [0.29, 0.717) is 17.9 Å². The third-order valence-corrected chi connectivity index (χ3v) is 4.76. The number of para-hydroxylation sites is 1. The minimum Gasteiger partial charge on any atom is -0.361 e. The van der Waals surface area contributed by atoms with E-state index in [9.17, 15) is 4.79 Å². The summed E-state index contributed by atoms with van der Waals surface area (Å²) in [6, 6.07) is 17.5. The fourth-order valence-electron chi connectivity index (χ4n) is 2.50. The van der Waals surface area contributed by atoms with Crippen molar-refractivity contribution in [1.29, 1.82) is 5.26 Å². The molecule has 120 valence electrons. The van der Waals surface area contributed by atoms with Crippen molar-refractivity contribution in [2.75, 3.05) is 12.3 Å². The van der Waals surface area contributed by atoms with Gasteiger partial charge in [0, 0.05) is 28.5 Å². The minimum atomic E-state index is 0.0178. The number of fused-ring (bicyclic) bond motifs is 1. The Morgan fingerprint density at radius 2 is 1.96 bits per heavy atom. The number of hydrogen-bond acceptors (Lipinski definition) is 3. The largest absolute Gasteiger partial charge is 0.361 e. The van der Waals surface area contributed by atoms with Gasteiger partial charge in [-0.05, 0) is 42.3 Å². The molecule has 1 aromatic heterocycles. The molecule has 0 unspecified atom stereocenters. The number of thioether (sulfide) groups is 1. The normalized spacial score (nSPS) is 10.5. The van der Waals surface area contributed by atoms with Gasteiger partial charge < -0.3 is 10.3 Å².